The lowest BCUT2D eigenvalue weighted by atomic mass is 10.1. The zero-order chi connectivity index (χ0) is 18.2. The Morgan fingerprint density at radius 1 is 1.31 bits per heavy atom. The Balaban J connectivity index is 1.49. The Labute approximate surface area is 152 Å². The molecule has 9 nitrogen and oxygen atoms in total. The first-order valence-corrected chi connectivity index (χ1v) is 8.75. The molecule has 0 radical (unpaired) electrons. The second-order valence-corrected chi connectivity index (χ2v) is 5.98. The fourth-order valence-electron chi connectivity index (χ4n) is 2.76. The zero-order valence-electron chi connectivity index (χ0n) is 14.8. The van der Waals surface area contributed by atoms with Gasteiger partial charge >= 0.3 is 6.09 Å². The molecule has 1 fully saturated rings. The first-order valence-electron chi connectivity index (χ1n) is 8.75. The van der Waals surface area contributed by atoms with Crippen LogP contribution < -0.4 is 10.6 Å². The number of amides is 1. The van der Waals surface area contributed by atoms with Gasteiger partial charge in [0.25, 0.3) is 0 Å². The first kappa shape index (κ1) is 17.8. The summed E-state index contributed by atoms with van der Waals surface area (Å²) in [4.78, 5) is 21.9. The Bertz CT molecular complexity index is 705. The second-order valence-electron chi connectivity index (χ2n) is 5.98. The van der Waals surface area contributed by atoms with Gasteiger partial charge in [-0.2, -0.15) is 10.1 Å². The number of nitrogens with zero attached hydrogens (tertiary/aromatic N) is 5. The van der Waals surface area contributed by atoms with Crippen molar-refractivity contribution < 1.29 is 9.53 Å². The van der Waals surface area contributed by atoms with Gasteiger partial charge in [-0.3, -0.25) is 4.98 Å². The molecular weight excluding hydrogens is 334 g/mol. The standard InChI is InChI=1S/C17H23N7O2/c1-2-26-17(25)24-9-5-14(6-10-24)21-15-12-20-23-16(22-15)19-11-13-3-7-18-8-4-13/h3-4,7-8,12,14H,2,5-6,9-11H2,1H3,(H2,19,21,22,23). The Kier molecular flexibility index (Phi) is 6.13. The summed E-state index contributed by atoms with van der Waals surface area (Å²) in [6.07, 6.45) is 6.53. The number of anilines is 2. The lowest BCUT2D eigenvalue weighted by Gasteiger charge is -2.31. The number of nitrogens with one attached hydrogen (secondary N) is 2. The molecule has 0 atom stereocenters. The van der Waals surface area contributed by atoms with E-state index < -0.39 is 0 Å². The lowest BCUT2D eigenvalue weighted by molar-refractivity contribution is 0.0983. The minimum absolute atomic E-state index is 0.239. The predicted octanol–water partition coefficient (Wildman–Crippen LogP) is 1.91. The van der Waals surface area contributed by atoms with Crippen molar-refractivity contribution >= 4 is 17.9 Å². The van der Waals surface area contributed by atoms with Crippen LogP contribution in [0.3, 0.4) is 0 Å². The van der Waals surface area contributed by atoms with E-state index in [1.807, 2.05) is 19.1 Å². The van der Waals surface area contributed by atoms with Crippen molar-refractivity contribution in [2.24, 2.45) is 0 Å². The van der Waals surface area contributed by atoms with Crippen molar-refractivity contribution in [2.75, 3.05) is 30.3 Å². The molecule has 0 saturated carbocycles. The zero-order valence-corrected chi connectivity index (χ0v) is 14.8. The average Bonchev–Trinajstić information content (AvgIpc) is 2.68. The third-order valence-corrected chi connectivity index (χ3v) is 4.13. The molecule has 26 heavy (non-hydrogen) atoms. The van der Waals surface area contributed by atoms with Gasteiger partial charge in [0.05, 0.1) is 12.8 Å². The molecular formula is C17H23N7O2. The molecule has 0 unspecified atom stereocenters. The largest absolute Gasteiger partial charge is 0.450 e. The van der Waals surface area contributed by atoms with Gasteiger partial charge in [0.15, 0.2) is 5.82 Å². The van der Waals surface area contributed by atoms with E-state index in [9.17, 15) is 4.79 Å². The highest BCUT2D eigenvalue weighted by Gasteiger charge is 2.23. The van der Waals surface area contributed by atoms with Gasteiger partial charge in [-0.05, 0) is 37.5 Å². The summed E-state index contributed by atoms with van der Waals surface area (Å²) in [5.74, 6) is 1.14. The molecule has 0 spiro atoms. The van der Waals surface area contributed by atoms with Crippen LogP contribution in [0.5, 0.6) is 0 Å². The summed E-state index contributed by atoms with van der Waals surface area (Å²) >= 11 is 0. The third kappa shape index (κ3) is 5.01. The van der Waals surface area contributed by atoms with Gasteiger partial charge in [-0.25, -0.2) is 4.79 Å². The molecule has 3 rings (SSSR count). The van der Waals surface area contributed by atoms with Crippen molar-refractivity contribution in [1.29, 1.82) is 0 Å². The van der Waals surface area contributed by atoms with E-state index in [0.29, 0.717) is 38.0 Å². The van der Waals surface area contributed by atoms with Crippen molar-refractivity contribution in [3.63, 3.8) is 0 Å². The number of rotatable bonds is 6. The summed E-state index contributed by atoms with van der Waals surface area (Å²) < 4.78 is 5.04. The molecule has 2 aromatic heterocycles. The number of ether oxygens (including phenoxy) is 1. The molecule has 0 aliphatic carbocycles. The molecule has 0 bridgehead atoms. The van der Waals surface area contributed by atoms with Crippen LogP contribution in [0.1, 0.15) is 25.3 Å². The number of hydrogen-bond donors (Lipinski definition) is 2. The van der Waals surface area contributed by atoms with E-state index >= 15 is 0 Å². The quantitative estimate of drug-likeness (QED) is 0.808. The van der Waals surface area contributed by atoms with Crippen molar-refractivity contribution in [3.8, 4) is 0 Å². The molecule has 1 aliphatic rings. The summed E-state index contributed by atoms with van der Waals surface area (Å²) in [5, 5.41) is 14.5. The van der Waals surface area contributed by atoms with Gasteiger partial charge in [-0.15, -0.1) is 5.10 Å². The van der Waals surface area contributed by atoms with Crippen LogP contribution in [0.4, 0.5) is 16.6 Å². The van der Waals surface area contributed by atoms with E-state index in [1.165, 1.54) is 0 Å². The van der Waals surface area contributed by atoms with Crippen molar-refractivity contribution in [2.45, 2.75) is 32.4 Å². The van der Waals surface area contributed by atoms with Crippen molar-refractivity contribution in [3.05, 3.63) is 36.3 Å². The number of carbonyl (C=O) groups excluding carboxylic acids is 1. The van der Waals surface area contributed by atoms with Gasteiger partial charge in [0.1, 0.15) is 0 Å². The maximum Gasteiger partial charge on any atom is 0.409 e. The molecule has 0 aromatic carbocycles. The van der Waals surface area contributed by atoms with Crippen LogP contribution in [0.25, 0.3) is 0 Å². The number of piperidine rings is 1. The molecule has 138 valence electrons. The van der Waals surface area contributed by atoms with E-state index in [2.05, 4.69) is 30.8 Å². The average molecular weight is 357 g/mol. The van der Waals surface area contributed by atoms with Crippen LogP contribution in [-0.2, 0) is 11.3 Å². The smallest absolute Gasteiger partial charge is 0.409 e. The Morgan fingerprint density at radius 2 is 2.08 bits per heavy atom. The van der Waals surface area contributed by atoms with Gasteiger partial charge in [0, 0.05) is 38.1 Å². The van der Waals surface area contributed by atoms with Crippen LogP contribution in [0.2, 0.25) is 0 Å². The van der Waals surface area contributed by atoms with Gasteiger partial charge < -0.3 is 20.3 Å². The molecule has 2 aromatic rings. The number of hydrogen-bond acceptors (Lipinski definition) is 8. The molecule has 1 aliphatic heterocycles. The monoisotopic (exact) mass is 357 g/mol. The minimum Gasteiger partial charge on any atom is -0.450 e. The minimum atomic E-state index is -0.239. The van der Waals surface area contributed by atoms with Gasteiger partial charge in [0.2, 0.25) is 5.95 Å². The van der Waals surface area contributed by atoms with E-state index in [0.717, 1.165) is 18.4 Å². The van der Waals surface area contributed by atoms with Crippen LogP contribution in [0, 0.1) is 0 Å². The molecule has 1 saturated heterocycles. The predicted molar refractivity (Wildman–Crippen MR) is 96.6 cm³/mol. The SMILES string of the molecule is CCOC(=O)N1CCC(Nc2cnnc(NCc3ccncc3)n2)CC1. The fourth-order valence-corrected chi connectivity index (χ4v) is 2.76. The Morgan fingerprint density at radius 3 is 2.81 bits per heavy atom. The molecule has 9 heteroatoms. The maximum atomic E-state index is 11.7. The molecule has 2 N–H and O–H groups in total. The van der Waals surface area contributed by atoms with E-state index in [1.54, 1.807) is 23.5 Å². The fraction of sp³-hybridized carbons (Fsp3) is 0.471. The summed E-state index contributed by atoms with van der Waals surface area (Å²) in [7, 11) is 0. The topological polar surface area (TPSA) is 105 Å². The van der Waals surface area contributed by atoms with Crippen molar-refractivity contribution in [1.82, 2.24) is 25.1 Å². The second kappa shape index (κ2) is 8.93. The summed E-state index contributed by atoms with van der Waals surface area (Å²) in [5.41, 5.74) is 1.09. The third-order valence-electron chi connectivity index (χ3n) is 4.13. The highest BCUT2D eigenvalue weighted by Crippen LogP contribution is 2.16. The number of carbonyl (C=O) groups is 1. The number of pyridine rings is 1. The Hall–Kier alpha value is -2.97. The van der Waals surface area contributed by atoms with E-state index in [4.69, 9.17) is 4.74 Å². The van der Waals surface area contributed by atoms with Gasteiger partial charge in [-0.1, -0.05) is 0 Å². The van der Waals surface area contributed by atoms with Crippen LogP contribution >= 0.6 is 0 Å². The number of likely N-dealkylation sites (tertiary alicyclic amines) is 1. The molecule has 3 heterocycles. The van der Waals surface area contributed by atoms with Crippen LogP contribution in [0.15, 0.2) is 30.7 Å². The normalized spacial score (nSPS) is 14.7. The number of aromatic nitrogens is 4. The van der Waals surface area contributed by atoms with E-state index in [-0.39, 0.29) is 12.1 Å². The highest BCUT2D eigenvalue weighted by molar-refractivity contribution is 5.67. The first-order chi connectivity index (χ1) is 12.7. The summed E-state index contributed by atoms with van der Waals surface area (Å²) in [6.45, 7) is 4.16. The summed E-state index contributed by atoms with van der Waals surface area (Å²) in [6, 6.07) is 4.10. The molecule has 1 amide bonds. The highest BCUT2D eigenvalue weighted by atomic mass is 16.6. The van der Waals surface area contributed by atoms with Crippen LogP contribution in [-0.4, -0.2) is 56.9 Å². The maximum absolute atomic E-state index is 11.7. The lowest BCUT2D eigenvalue weighted by Crippen LogP contribution is -2.42.